The van der Waals surface area contributed by atoms with Crippen LogP contribution in [-0.2, 0) is 6.42 Å². The Morgan fingerprint density at radius 1 is 1.00 bits per heavy atom. The van der Waals surface area contributed by atoms with Crippen molar-refractivity contribution in [2.24, 2.45) is 4.99 Å². The van der Waals surface area contributed by atoms with E-state index in [9.17, 15) is 9.18 Å². The molecule has 4 nitrogen and oxygen atoms in total. The summed E-state index contributed by atoms with van der Waals surface area (Å²) in [6, 6.07) is 18.2. The van der Waals surface area contributed by atoms with Gasteiger partial charge in [-0.1, -0.05) is 47.7 Å². The van der Waals surface area contributed by atoms with Crippen LogP contribution in [0.5, 0.6) is 0 Å². The Hall–Kier alpha value is -3.64. The molecule has 0 unspecified atom stereocenters. The summed E-state index contributed by atoms with van der Waals surface area (Å²) in [7, 11) is 0. The van der Waals surface area contributed by atoms with Crippen molar-refractivity contribution < 1.29 is 4.39 Å². The normalized spacial score (nSPS) is 17.4. The van der Waals surface area contributed by atoms with Crippen molar-refractivity contribution in [1.29, 1.82) is 0 Å². The Bertz CT molecular complexity index is 1550. The number of halogens is 1. The Morgan fingerprint density at radius 2 is 1.78 bits per heavy atom. The largest absolute Gasteiger partial charge is 0.272 e. The van der Waals surface area contributed by atoms with Gasteiger partial charge in [-0.15, -0.1) is 0 Å². The first kappa shape index (κ1) is 19.1. The standard InChI is InChI=1S/C26H18FN3OS/c27-19-8-5-18(6-9-19)24-21-10-7-17-3-1-2-4-20(17)23(21)29-26-30(24)25(31)22(32-26)15-16-11-13-28-14-12-16/h1-6,8-9,11-15,24H,7,10H2/b22-15+/t24-/m1/s1. The SMILES string of the molecule is O=c1/c(=C\c2ccncc2)sc2n1[C@H](c1ccc(F)cc1)C1=C(N=2)c2ccccc2CC1. The molecule has 156 valence electrons. The molecule has 1 aliphatic heterocycles. The van der Waals surface area contributed by atoms with E-state index in [2.05, 4.69) is 17.1 Å². The highest BCUT2D eigenvalue weighted by molar-refractivity contribution is 7.07. The van der Waals surface area contributed by atoms with Gasteiger partial charge in [0.2, 0.25) is 0 Å². The van der Waals surface area contributed by atoms with E-state index in [1.54, 1.807) is 29.1 Å². The van der Waals surface area contributed by atoms with Gasteiger partial charge in [-0.05, 0) is 65.4 Å². The number of pyridine rings is 1. The lowest BCUT2D eigenvalue weighted by Crippen LogP contribution is -2.38. The number of rotatable bonds is 2. The Morgan fingerprint density at radius 3 is 2.59 bits per heavy atom. The third-order valence-electron chi connectivity index (χ3n) is 6.06. The minimum Gasteiger partial charge on any atom is -0.272 e. The molecule has 6 rings (SSSR count). The summed E-state index contributed by atoms with van der Waals surface area (Å²) < 4.78 is 16.1. The van der Waals surface area contributed by atoms with E-state index >= 15 is 0 Å². The number of fused-ring (bicyclic) bond motifs is 3. The molecule has 0 amide bonds. The highest BCUT2D eigenvalue weighted by Gasteiger charge is 2.32. The number of allylic oxidation sites excluding steroid dienone is 1. The Kier molecular flexibility index (Phi) is 4.47. The van der Waals surface area contributed by atoms with Crippen LogP contribution in [0.1, 0.15) is 34.7 Å². The van der Waals surface area contributed by atoms with Crippen LogP contribution in [0.3, 0.4) is 0 Å². The third-order valence-corrected chi connectivity index (χ3v) is 7.05. The lowest BCUT2D eigenvalue weighted by molar-refractivity contribution is 0.581. The van der Waals surface area contributed by atoms with Crippen molar-refractivity contribution in [3.05, 3.63) is 126 Å². The molecule has 0 saturated carbocycles. The number of nitrogens with zero attached hydrogens (tertiary/aromatic N) is 3. The quantitative estimate of drug-likeness (QED) is 0.476. The molecular weight excluding hydrogens is 421 g/mol. The monoisotopic (exact) mass is 439 g/mol. The zero-order valence-corrected chi connectivity index (χ0v) is 17.8. The smallest absolute Gasteiger partial charge is 0.271 e. The van der Waals surface area contributed by atoms with Gasteiger partial charge < -0.3 is 0 Å². The molecule has 2 aromatic heterocycles. The molecular formula is C26H18FN3OS. The number of thiazole rings is 1. The van der Waals surface area contributed by atoms with E-state index < -0.39 is 0 Å². The molecule has 2 aliphatic rings. The van der Waals surface area contributed by atoms with Gasteiger partial charge in [0.25, 0.3) is 5.56 Å². The first-order valence-electron chi connectivity index (χ1n) is 10.5. The summed E-state index contributed by atoms with van der Waals surface area (Å²) in [5.74, 6) is -0.290. The predicted molar refractivity (Wildman–Crippen MR) is 123 cm³/mol. The van der Waals surface area contributed by atoms with Crippen LogP contribution in [0, 0.1) is 5.82 Å². The van der Waals surface area contributed by atoms with Crippen molar-refractivity contribution in [3.8, 4) is 0 Å². The maximum atomic E-state index is 13.7. The number of aromatic nitrogens is 2. The zero-order valence-electron chi connectivity index (χ0n) is 17.0. The van der Waals surface area contributed by atoms with E-state index in [1.165, 1.54) is 29.0 Å². The Labute approximate surface area is 187 Å². The molecule has 1 aliphatic carbocycles. The molecule has 0 N–H and O–H groups in total. The highest BCUT2D eigenvalue weighted by Crippen LogP contribution is 2.41. The molecule has 4 aromatic rings. The third kappa shape index (κ3) is 3.07. The van der Waals surface area contributed by atoms with Crippen LogP contribution in [0.15, 0.2) is 88.4 Å². The minimum atomic E-state index is -0.296. The van der Waals surface area contributed by atoms with Crippen LogP contribution >= 0.6 is 11.3 Å². The van der Waals surface area contributed by atoms with Crippen molar-refractivity contribution in [3.63, 3.8) is 0 Å². The summed E-state index contributed by atoms with van der Waals surface area (Å²) in [4.78, 5) is 23.3. The summed E-state index contributed by atoms with van der Waals surface area (Å²) in [5, 5.41) is 0. The molecule has 0 fully saturated rings. The lowest BCUT2D eigenvalue weighted by Gasteiger charge is -2.30. The van der Waals surface area contributed by atoms with Crippen LogP contribution in [-0.4, -0.2) is 9.55 Å². The number of hydrogen-bond acceptors (Lipinski definition) is 4. The molecule has 0 spiro atoms. The van der Waals surface area contributed by atoms with Crippen molar-refractivity contribution in [2.45, 2.75) is 18.9 Å². The van der Waals surface area contributed by atoms with Gasteiger partial charge in [0.15, 0.2) is 4.80 Å². The molecule has 0 saturated heterocycles. The van der Waals surface area contributed by atoms with Crippen LogP contribution in [0.4, 0.5) is 4.39 Å². The molecule has 2 aromatic carbocycles. The van der Waals surface area contributed by atoms with E-state index in [4.69, 9.17) is 4.99 Å². The highest BCUT2D eigenvalue weighted by atomic mass is 32.1. The Balaban J connectivity index is 1.64. The maximum Gasteiger partial charge on any atom is 0.271 e. The fourth-order valence-electron chi connectivity index (χ4n) is 4.58. The van der Waals surface area contributed by atoms with Crippen molar-refractivity contribution in [1.82, 2.24) is 9.55 Å². The fourth-order valence-corrected chi connectivity index (χ4v) is 5.58. The van der Waals surface area contributed by atoms with E-state index in [0.717, 1.165) is 40.8 Å². The summed E-state index contributed by atoms with van der Waals surface area (Å²) in [5.41, 5.74) is 6.17. The number of benzene rings is 2. The van der Waals surface area contributed by atoms with Gasteiger partial charge in [-0.3, -0.25) is 14.3 Å². The average molecular weight is 440 g/mol. The van der Waals surface area contributed by atoms with Gasteiger partial charge in [0.05, 0.1) is 16.3 Å². The topological polar surface area (TPSA) is 47.2 Å². The number of hydrogen-bond donors (Lipinski definition) is 0. The van der Waals surface area contributed by atoms with Gasteiger partial charge in [-0.2, -0.15) is 0 Å². The molecule has 1 atom stereocenters. The zero-order chi connectivity index (χ0) is 21.7. The average Bonchev–Trinajstić information content (AvgIpc) is 3.13. The first-order chi connectivity index (χ1) is 15.7. The molecule has 0 bridgehead atoms. The van der Waals surface area contributed by atoms with Gasteiger partial charge >= 0.3 is 0 Å². The van der Waals surface area contributed by atoms with Crippen LogP contribution < -0.4 is 14.9 Å². The van der Waals surface area contributed by atoms with E-state index in [0.29, 0.717) is 9.33 Å². The second kappa shape index (κ2) is 7.50. The molecule has 6 heteroatoms. The molecule has 3 heterocycles. The first-order valence-corrected chi connectivity index (χ1v) is 11.3. The summed E-state index contributed by atoms with van der Waals surface area (Å²) >= 11 is 1.39. The van der Waals surface area contributed by atoms with E-state index in [1.807, 2.05) is 30.3 Å². The molecule has 0 radical (unpaired) electrons. The fraction of sp³-hybridized carbons (Fsp3) is 0.115. The van der Waals surface area contributed by atoms with Gasteiger partial charge in [-0.25, -0.2) is 9.38 Å². The lowest BCUT2D eigenvalue weighted by atomic mass is 9.83. The van der Waals surface area contributed by atoms with E-state index in [-0.39, 0.29) is 17.4 Å². The van der Waals surface area contributed by atoms with Crippen molar-refractivity contribution in [2.75, 3.05) is 0 Å². The molecule has 32 heavy (non-hydrogen) atoms. The van der Waals surface area contributed by atoms with Crippen LogP contribution in [0.25, 0.3) is 11.8 Å². The number of aryl methyl sites for hydroxylation is 1. The predicted octanol–water partition coefficient (Wildman–Crippen LogP) is 3.85. The van der Waals surface area contributed by atoms with Gasteiger partial charge in [0, 0.05) is 18.0 Å². The van der Waals surface area contributed by atoms with Crippen molar-refractivity contribution >= 4 is 23.1 Å². The second-order valence-electron chi connectivity index (χ2n) is 7.95. The summed E-state index contributed by atoms with van der Waals surface area (Å²) in [6.07, 6.45) is 7.00. The summed E-state index contributed by atoms with van der Waals surface area (Å²) in [6.45, 7) is 0. The van der Waals surface area contributed by atoms with Crippen LogP contribution in [0.2, 0.25) is 0 Å². The maximum absolute atomic E-state index is 13.7. The second-order valence-corrected chi connectivity index (χ2v) is 8.95. The van der Waals surface area contributed by atoms with Gasteiger partial charge in [0.1, 0.15) is 5.82 Å². The minimum absolute atomic E-state index is 0.0784.